The molecule has 0 amide bonds. The van der Waals surface area contributed by atoms with Crippen molar-refractivity contribution >= 4 is 17.3 Å². The minimum atomic E-state index is -0.261. The van der Waals surface area contributed by atoms with Gasteiger partial charge in [-0.25, -0.2) is 4.98 Å². The number of carbonyl (C=O) groups excluding carboxylic acids is 1. The number of rotatable bonds is 7. The van der Waals surface area contributed by atoms with Crippen molar-refractivity contribution in [3.63, 3.8) is 0 Å². The highest BCUT2D eigenvalue weighted by molar-refractivity contribution is 7.18. The van der Waals surface area contributed by atoms with E-state index in [1.54, 1.807) is 11.3 Å². The van der Waals surface area contributed by atoms with E-state index >= 15 is 0 Å². The molecule has 0 unspecified atom stereocenters. The first-order valence-corrected chi connectivity index (χ1v) is 11.4. The zero-order valence-corrected chi connectivity index (χ0v) is 19.2. The molecule has 7 heteroatoms. The third kappa shape index (κ3) is 4.52. The predicted molar refractivity (Wildman–Crippen MR) is 125 cm³/mol. The summed E-state index contributed by atoms with van der Waals surface area (Å²) in [5, 5.41) is 13.7. The summed E-state index contributed by atoms with van der Waals surface area (Å²) in [7, 11) is 1.40. The predicted octanol–water partition coefficient (Wildman–Crippen LogP) is 4.89. The van der Waals surface area contributed by atoms with Gasteiger partial charge in [-0.1, -0.05) is 18.2 Å². The first kappa shape index (κ1) is 22.0. The lowest BCUT2D eigenvalue weighted by atomic mass is 10.0. The van der Waals surface area contributed by atoms with E-state index in [-0.39, 0.29) is 24.7 Å². The van der Waals surface area contributed by atoms with Gasteiger partial charge in [0.15, 0.2) is 0 Å². The van der Waals surface area contributed by atoms with Gasteiger partial charge < -0.3 is 14.8 Å². The van der Waals surface area contributed by atoms with Gasteiger partial charge in [-0.05, 0) is 61.6 Å². The Labute approximate surface area is 191 Å². The Bertz CT molecular complexity index is 1180. The van der Waals surface area contributed by atoms with Gasteiger partial charge >= 0.3 is 5.97 Å². The van der Waals surface area contributed by atoms with Gasteiger partial charge in [-0.3, -0.25) is 4.79 Å². The molecule has 0 bridgehead atoms. The van der Waals surface area contributed by atoms with Crippen LogP contribution >= 0.6 is 11.3 Å². The Balaban J connectivity index is 1.60. The summed E-state index contributed by atoms with van der Waals surface area (Å²) in [6, 6.07) is 14.3. The van der Waals surface area contributed by atoms with E-state index in [4.69, 9.17) is 9.47 Å². The van der Waals surface area contributed by atoms with Crippen LogP contribution in [0, 0.1) is 11.3 Å². The summed E-state index contributed by atoms with van der Waals surface area (Å²) in [4.78, 5) is 17.2. The largest absolute Gasteiger partial charge is 0.490 e. The van der Waals surface area contributed by atoms with Gasteiger partial charge in [-0.2, -0.15) is 5.26 Å². The number of ether oxygens (including phenoxy) is 2. The van der Waals surface area contributed by atoms with Crippen LogP contribution in [0.2, 0.25) is 0 Å². The maximum atomic E-state index is 11.5. The lowest BCUT2D eigenvalue weighted by molar-refractivity contribution is -0.139. The van der Waals surface area contributed by atoms with Crippen LogP contribution in [-0.2, 0) is 16.0 Å². The zero-order chi connectivity index (χ0) is 22.7. The third-order valence-corrected chi connectivity index (χ3v) is 6.55. The van der Waals surface area contributed by atoms with Crippen molar-refractivity contribution in [2.45, 2.75) is 38.8 Å². The van der Waals surface area contributed by atoms with Gasteiger partial charge in [-0.15, -0.1) is 11.3 Å². The molecule has 1 aromatic heterocycles. The molecular formula is C25H25N3O3S. The summed E-state index contributed by atoms with van der Waals surface area (Å²) >= 11 is 1.61. The van der Waals surface area contributed by atoms with E-state index in [2.05, 4.69) is 34.6 Å². The van der Waals surface area contributed by atoms with Gasteiger partial charge in [0.1, 0.15) is 16.8 Å². The molecule has 0 aliphatic heterocycles. The molecular weight excluding hydrogens is 422 g/mol. The molecule has 0 fully saturated rings. The van der Waals surface area contributed by atoms with Crippen LogP contribution in [0.5, 0.6) is 5.75 Å². The summed E-state index contributed by atoms with van der Waals surface area (Å²) in [5.41, 5.74) is 5.10. The summed E-state index contributed by atoms with van der Waals surface area (Å²) < 4.78 is 10.5. The molecule has 6 nitrogen and oxygen atoms in total. The molecule has 0 saturated carbocycles. The zero-order valence-electron chi connectivity index (χ0n) is 18.3. The number of hydrogen-bond acceptors (Lipinski definition) is 7. The highest BCUT2D eigenvalue weighted by Crippen LogP contribution is 2.41. The molecule has 2 aromatic carbocycles. The number of benzene rings is 2. The first-order chi connectivity index (χ1) is 15.5. The number of fused-ring (bicyclic) bond motifs is 1. The third-order valence-electron chi connectivity index (χ3n) is 5.47. The molecule has 0 spiro atoms. The van der Waals surface area contributed by atoms with Crippen molar-refractivity contribution in [3.8, 4) is 32.8 Å². The molecule has 4 rings (SSSR count). The smallest absolute Gasteiger partial charge is 0.319 e. The number of hydrogen-bond donors (Lipinski definition) is 1. The molecule has 1 aliphatic carbocycles. The van der Waals surface area contributed by atoms with E-state index in [1.165, 1.54) is 23.8 Å². The number of methoxy groups -OCH3 is 1. The van der Waals surface area contributed by atoms with Crippen LogP contribution < -0.4 is 10.1 Å². The molecule has 32 heavy (non-hydrogen) atoms. The van der Waals surface area contributed by atoms with Crippen LogP contribution in [0.25, 0.3) is 21.0 Å². The normalized spacial score (nSPS) is 14.8. The van der Waals surface area contributed by atoms with Crippen molar-refractivity contribution < 1.29 is 14.3 Å². The first-order valence-electron chi connectivity index (χ1n) is 10.6. The fourth-order valence-electron chi connectivity index (χ4n) is 4.02. The Hall–Kier alpha value is -3.21. The molecule has 0 saturated heterocycles. The maximum Gasteiger partial charge on any atom is 0.319 e. The van der Waals surface area contributed by atoms with E-state index < -0.39 is 0 Å². The Morgan fingerprint density at radius 3 is 2.94 bits per heavy atom. The SMILES string of the molecule is COC(=O)CN[C@H]1CCc2c(-c3cnc(-c4ccc(OC(C)C)c(C#N)c4)s3)cccc21. The van der Waals surface area contributed by atoms with E-state index in [9.17, 15) is 10.1 Å². The van der Waals surface area contributed by atoms with Gasteiger partial charge in [0.25, 0.3) is 0 Å². The van der Waals surface area contributed by atoms with Crippen LogP contribution in [0.15, 0.2) is 42.6 Å². The lowest BCUT2D eigenvalue weighted by Crippen LogP contribution is -2.27. The second-order valence-electron chi connectivity index (χ2n) is 7.94. The fourth-order valence-corrected chi connectivity index (χ4v) is 4.98. The maximum absolute atomic E-state index is 11.5. The van der Waals surface area contributed by atoms with Crippen molar-refractivity contribution in [2.75, 3.05) is 13.7 Å². The monoisotopic (exact) mass is 447 g/mol. The highest BCUT2D eigenvalue weighted by atomic mass is 32.1. The Morgan fingerprint density at radius 1 is 1.34 bits per heavy atom. The van der Waals surface area contributed by atoms with Crippen LogP contribution in [0.1, 0.15) is 43.0 Å². The molecule has 3 aromatic rings. The van der Waals surface area contributed by atoms with Crippen LogP contribution in [-0.4, -0.2) is 30.7 Å². The van der Waals surface area contributed by atoms with Crippen LogP contribution in [0.3, 0.4) is 0 Å². The lowest BCUT2D eigenvalue weighted by Gasteiger charge is -2.13. The van der Waals surface area contributed by atoms with Crippen molar-refractivity contribution in [1.82, 2.24) is 10.3 Å². The summed E-state index contributed by atoms with van der Waals surface area (Å²) in [6.07, 6.45) is 3.79. The fraction of sp³-hybridized carbons (Fsp3) is 0.320. The molecule has 1 heterocycles. The highest BCUT2D eigenvalue weighted by Gasteiger charge is 2.26. The number of thiazole rings is 1. The molecule has 1 aliphatic rings. The van der Waals surface area contributed by atoms with Crippen molar-refractivity contribution in [3.05, 3.63) is 59.3 Å². The van der Waals surface area contributed by atoms with Crippen molar-refractivity contribution in [2.24, 2.45) is 0 Å². The van der Waals surface area contributed by atoms with E-state index in [0.29, 0.717) is 11.3 Å². The van der Waals surface area contributed by atoms with Gasteiger partial charge in [0, 0.05) is 17.8 Å². The Morgan fingerprint density at radius 2 is 2.19 bits per heavy atom. The number of carbonyl (C=O) groups is 1. The minimum Gasteiger partial charge on any atom is -0.490 e. The number of nitriles is 1. The number of nitrogens with zero attached hydrogens (tertiary/aromatic N) is 2. The average Bonchev–Trinajstić information content (AvgIpc) is 3.44. The summed E-state index contributed by atoms with van der Waals surface area (Å²) in [6.45, 7) is 4.08. The standard InChI is InChI=1S/C25H25N3O3S/c1-15(2)31-22-10-7-16(11-17(22)12-26)25-28-13-23(32-25)20-6-4-5-19-18(20)8-9-21(19)27-14-24(29)30-3/h4-7,10-11,13,15,21,27H,8-9,14H2,1-3H3/t21-/m0/s1. The molecule has 0 radical (unpaired) electrons. The van der Waals surface area contributed by atoms with E-state index in [0.717, 1.165) is 28.3 Å². The molecule has 164 valence electrons. The number of esters is 1. The summed E-state index contributed by atoms with van der Waals surface area (Å²) in [5.74, 6) is 0.331. The molecule has 1 N–H and O–H groups in total. The second-order valence-corrected chi connectivity index (χ2v) is 8.97. The average molecular weight is 448 g/mol. The topological polar surface area (TPSA) is 84.2 Å². The Kier molecular flexibility index (Phi) is 6.54. The van der Waals surface area contributed by atoms with Crippen LogP contribution in [0.4, 0.5) is 0 Å². The van der Waals surface area contributed by atoms with E-state index in [1.807, 2.05) is 38.2 Å². The second kappa shape index (κ2) is 9.51. The molecule has 1 atom stereocenters. The van der Waals surface area contributed by atoms with Crippen molar-refractivity contribution in [1.29, 1.82) is 5.26 Å². The number of nitrogens with one attached hydrogen (secondary N) is 1. The van der Waals surface area contributed by atoms with Gasteiger partial charge in [0.05, 0.1) is 30.2 Å². The van der Waals surface area contributed by atoms with Gasteiger partial charge in [0.2, 0.25) is 0 Å². The quantitative estimate of drug-likeness (QED) is 0.520. The number of aromatic nitrogens is 1. The minimum absolute atomic E-state index is 0.00512.